The van der Waals surface area contributed by atoms with Gasteiger partial charge in [0, 0.05) is 19.2 Å². The van der Waals surface area contributed by atoms with Crippen LogP contribution in [-0.2, 0) is 21.3 Å². The normalized spacial score (nSPS) is 13.8. The number of amides is 1. The van der Waals surface area contributed by atoms with Gasteiger partial charge in [0.15, 0.2) is 0 Å². The molecule has 0 saturated carbocycles. The van der Waals surface area contributed by atoms with E-state index in [0.717, 1.165) is 11.3 Å². The van der Waals surface area contributed by atoms with E-state index < -0.39 is 10.1 Å². The molecule has 0 radical (unpaired) electrons. The van der Waals surface area contributed by atoms with Gasteiger partial charge in [-0.25, -0.2) is 0 Å². The summed E-state index contributed by atoms with van der Waals surface area (Å²) in [7, 11) is -3.88. The van der Waals surface area contributed by atoms with E-state index >= 15 is 0 Å². The van der Waals surface area contributed by atoms with Crippen molar-refractivity contribution in [1.29, 1.82) is 0 Å². The first-order chi connectivity index (χ1) is 10.5. The Balaban J connectivity index is 1.91. The van der Waals surface area contributed by atoms with Crippen LogP contribution in [-0.4, -0.2) is 20.9 Å². The molecule has 22 heavy (non-hydrogen) atoms. The third-order valence-corrected chi connectivity index (χ3v) is 4.81. The zero-order chi connectivity index (χ0) is 15.7. The molecule has 0 fully saturated rings. The van der Waals surface area contributed by atoms with Gasteiger partial charge in [-0.15, -0.1) is 0 Å². The van der Waals surface area contributed by atoms with Crippen molar-refractivity contribution in [3.63, 3.8) is 0 Å². The number of nitrogens with zero attached hydrogens (tertiary/aromatic N) is 1. The smallest absolute Gasteiger partial charge is 0.339 e. The van der Waals surface area contributed by atoms with Gasteiger partial charge in [0.05, 0.1) is 0 Å². The maximum absolute atomic E-state index is 12.3. The highest BCUT2D eigenvalue weighted by molar-refractivity contribution is 7.87. The number of hydrogen-bond acceptors (Lipinski definition) is 4. The summed E-state index contributed by atoms with van der Waals surface area (Å²) in [5, 5.41) is 0. The van der Waals surface area contributed by atoms with Crippen LogP contribution >= 0.6 is 0 Å². The lowest BCUT2D eigenvalue weighted by molar-refractivity contribution is -0.116. The second-order valence-electron chi connectivity index (χ2n) is 5.06. The van der Waals surface area contributed by atoms with Crippen LogP contribution in [0.4, 0.5) is 5.69 Å². The molecule has 6 heteroatoms. The fourth-order valence-corrected chi connectivity index (χ4v) is 3.49. The van der Waals surface area contributed by atoms with Gasteiger partial charge in [-0.2, -0.15) is 8.42 Å². The summed E-state index contributed by atoms with van der Waals surface area (Å²) in [6.45, 7) is 2.08. The molecule has 114 valence electrons. The van der Waals surface area contributed by atoms with E-state index in [1.165, 1.54) is 13.0 Å². The second-order valence-corrected chi connectivity index (χ2v) is 6.61. The summed E-state index contributed by atoms with van der Waals surface area (Å²) in [4.78, 5) is 13.3. The first-order valence-electron chi connectivity index (χ1n) is 6.88. The lowest BCUT2D eigenvalue weighted by atomic mass is 10.2. The van der Waals surface area contributed by atoms with E-state index in [2.05, 4.69) is 0 Å². The van der Waals surface area contributed by atoms with E-state index in [1.807, 2.05) is 0 Å². The topological polar surface area (TPSA) is 63.7 Å². The molecule has 3 rings (SSSR count). The van der Waals surface area contributed by atoms with Crippen LogP contribution in [0.2, 0.25) is 0 Å². The zero-order valence-electron chi connectivity index (χ0n) is 12.0. The van der Waals surface area contributed by atoms with Gasteiger partial charge in [0.1, 0.15) is 10.6 Å². The number of anilines is 1. The van der Waals surface area contributed by atoms with Crippen LogP contribution in [0.3, 0.4) is 0 Å². The molecule has 0 unspecified atom stereocenters. The predicted molar refractivity (Wildman–Crippen MR) is 82.4 cm³/mol. The molecule has 0 atom stereocenters. The standard InChI is InChI=1S/C16H15NO4S/c1-12(18)17-10-9-13-11-15(7-8-16(13)17)22(19,20)21-14-5-3-2-4-6-14/h2-8,11H,9-10H2,1H3. The summed E-state index contributed by atoms with van der Waals surface area (Å²) >= 11 is 0. The maximum Gasteiger partial charge on any atom is 0.339 e. The first-order valence-corrected chi connectivity index (χ1v) is 8.29. The fourth-order valence-electron chi connectivity index (χ4n) is 2.51. The molecule has 1 aliphatic heterocycles. The lowest BCUT2D eigenvalue weighted by Gasteiger charge is -2.15. The van der Waals surface area contributed by atoms with E-state index in [-0.39, 0.29) is 16.6 Å². The van der Waals surface area contributed by atoms with Gasteiger partial charge in [-0.1, -0.05) is 18.2 Å². The monoisotopic (exact) mass is 317 g/mol. The van der Waals surface area contributed by atoms with Crippen LogP contribution < -0.4 is 9.08 Å². The number of para-hydroxylation sites is 1. The highest BCUT2D eigenvalue weighted by atomic mass is 32.2. The van der Waals surface area contributed by atoms with Crippen molar-refractivity contribution in [2.75, 3.05) is 11.4 Å². The van der Waals surface area contributed by atoms with Gasteiger partial charge >= 0.3 is 10.1 Å². The molecule has 0 aliphatic carbocycles. The Bertz CT molecular complexity index is 815. The van der Waals surface area contributed by atoms with Crippen molar-refractivity contribution in [3.05, 3.63) is 54.1 Å². The number of hydrogen-bond donors (Lipinski definition) is 0. The minimum Gasteiger partial charge on any atom is -0.379 e. The Kier molecular flexibility index (Phi) is 3.62. The zero-order valence-corrected chi connectivity index (χ0v) is 12.8. The van der Waals surface area contributed by atoms with Gasteiger partial charge in [0.2, 0.25) is 5.91 Å². The molecular formula is C16H15NO4S. The third-order valence-electron chi connectivity index (χ3n) is 3.56. The summed E-state index contributed by atoms with van der Waals surface area (Å²) in [6, 6.07) is 13.1. The highest BCUT2D eigenvalue weighted by Gasteiger charge is 2.25. The molecule has 1 heterocycles. The minimum absolute atomic E-state index is 0.0464. The fraction of sp³-hybridized carbons (Fsp3) is 0.188. The Morgan fingerprint density at radius 3 is 2.55 bits per heavy atom. The van der Waals surface area contributed by atoms with Crippen molar-refractivity contribution >= 4 is 21.7 Å². The molecule has 1 aliphatic rings. The molecular weight excluding hydrogens is 302 g/mol. The maximum atomic E-state index is 12.3. The van der Waals surface area contributed by atoms with Gasteiger partial charge in [-0.05, 0) is 42.3 Å². The lowest BCUT2D eigenvalue weighted by Crippen LogP contribution is -2.25. The summed E-state index contributed by atoms with van der Waals surface area (Å²) < 4.78 is 29.7. The quantitative estimate of drug-likeness (QED) is 0.815. The van der Waals surface area contributed by atoms with E-state index in [9.17, 15) is 13.2 Å². The Morgan fingerprint density at radius 1 is 1.14 bits per heavy atom. The molecule has 0 bridgehead atoms. The molecule has 0 N–H and O–H groups in total. The van der Waals surface area contributed by atoms with Gasteiger partial charge in [0.25, 0.3) is 0 Å². The molecule has 1 amide bonds. The number of carbonyl (C=O) groups excluding carboxylic acids is 1. The third kappa shape index (κ3) is 2.69. The van der Waals surface area contributed by atoms with Crippen LogP contribution in [0.25, 0.3) is 0 Å². The van der Waals surface area contributed by atoms with Gasteiger partial charge < -0.3 is 9.08 Å². The molecule has 2 aromatic carbocycles. The Morgan fingerprint density at radius 2 is 1.86 bits per heavy atom. The largest absolute Gasteiger partial charge is 0.379 e. The molecule has 0 aromatic heterocycles. The van der Waals surface area contributed by atoms with Crippen molar-refractivity contribution in [2.45, 2.75) is 18.2 Å². The van der Waals surface area contributed by atoms with Gasteiger partial charge in [-0.3, -0.25) is 4.79 Å². The van der Waals surface area contributed by atoms with Crippen molar-refractivity contribution in [2.24, 2.45) is 0 Å². The van der Waals surface area contributed by atoms with E-state index in [1.54, 1.807) is 47.4 Å². The number of rotatable bonds is 3. The summed E-state index contributed by atoms with van der Waals surface area (Å²) in [6.07, 6.45) is 0.642. The molecule has 5 nitrogen and oxygen atoms in total. The first kappa shape index (κ1) is 14.6. The number of carbonyl (C=O) groups is 1. The predicted octanol–water partition coefficient (Wildman–Crippen LogP) is 2.36. The van der Waals surface area contributed by atoms with Crippen molar-refractivity contribution in [3.8, 4) is 5.75 Å². The van der Waals surface area contributed by atoms with Crippen LogP contribution in [0, 0.1) is 0 Å². The molecule has 2 aromatic rings. The van der Waals surface area contributed by atoms with Crippen LogP contribution in [0.1, 0.15) is 12.5 Å². The molecule has 0 saturated heterocycles. The van der Waals surface area contributed by atoms with Crippen molar-refractivity contribution in [1.82, 2.24) is 0 Å². The summed E-state index contributed by atoms with van der Waals surface area (Å²) in [5.74, 6) is 0.225. The minimum atomic E-state index is -3.88. The Labute approximate surface area is 129 Å². The average molecular weight is 317 g/mol. The van der Waals surface area contributed by atoms with E-state index in [0.29, 0.717) is 13.0 Å². The second kappa shape index (κ2) is 5.46. The number of fused-ring (bicyclic) bond motifs is 1. The number of benzene rings is 2. The highest BCUT2D eigenvalue weighted by Crippen LogP contribution is 2.31. The Hall–Kier alpha value is -2.34. The van der Waals surface area contributed by atoms with Crippen molar-refractivity contribution < 1.29 is 17.4 Å². The van der Waals surface area contributed by atoms with E-state index in [4.69, 9.17) is 4.18 Å². The average Bonchev–Trinajstić information content (AvgIpc) is 2.91. The van der Waals surface area contributed by atoms with Crippen LogP contribution in [0.15, 0.2) is 53.4 Å². The molecule has 0 spiro atoms. The summed E-state index contributed by atoms with van der Waals surface area (Å²) in [5.41, 5.74) is 1.61. The van der Waals surface area contributed by atoms with Crippen LogP contribution in [0.5, 0.6) is 5.75 Å². The SMILES string of the molecule is CC(=O)N1CCc2cc(S(=O)(=O)Oc3ccccc3)ccc21.